The van der Waals surface area contributed by atoms with Crippen molar-refractivity contribution in [3.05, 3.63) is 41.1 Å². The number of anilines is 1. The number of pyridine rings is 1. The van der Waals surface area contributed by atoms with Gasteiger partial charge in [-0.1, -0.05) is 11.6 Å². The zero-order chi connectivity index (χ0) is 15.5. The van der Waals surface area contributed by atoms with Crippen LogP contribution >= 0.6 is 11.6 Å². The Labute approximate surface area is 127 Å². The summed E-state index contributed by atoms with van der Waals surface area (Å²) in [5.74, 6) is 0.997. The van der Waals surface area contributed by atoms with E-state index in [0.29, 0.717) is 17.3 Å². The monoisotopic (exact) mass is 327 g/mol. The largest absolute Gasteiger partial charge is 0.372 e. The van der Waals surface area contributed by atoms with Gasteiger partial charge in [-0.2, -0.15) is 0 Å². The summed E-state index contributed by atoms with van der Waals surface area (Å²) in [6, 6.07) is 2.98. The summed E-state index contributed by atoms with van der Waals surface area (Å²) < 4.78 is 26.8. The van der Waals surface area contributed by atoms with Crippen LogP contribution in [0.1, 0.15) is 11.5 Å². The van der Waals surface area contributed by atoms with E-state index in [9.17, 15) is 8.42 Å². The minimum Gasteiger partial charge on any atom is -0.372 e. The summed E-state index contributed by atoms with van der Waals surface area (Å²) in [7, 11) is -2.05. The van der Waals surface area contributed by atoms with E-state index < -0.39 is 10.0 Å². The van der Waals surface area contributed by atoms with E-state index in [-0.39, 0.29) is 16.5 Å². The van der Waals surface area contributed by atoms with Crippen LogP contribution in [0, 0.1) is 6.92 Å². The highest BCUT2D eigenvalue weighted by Crippen LogP contribution is 2.21. The highest BCUT2D eigenvalue weighted by Gasteiger charge is 2.16. The summed E-state index contributed by atoms with van der Waals surface area (Å²) in [5, 5.41) is 3.00. The normalized spacial score (nSPS) is 11.4. The molecule has 0 spiro atoms. The standard InChI is InChI=1S/C12H14ClN5O2S/c1-8-15-4-3-9(18-8)6-17-21(19,20)10-5-11(13)12(14-2)16-7-10/h3-5,7,17H,6H2,1-2H3,(H,14,16). The van der Waals surface area contributed by atoms with E-state index in [1.54, 1.807) is 26.2 Å². The molecule has 0 aliphatic heterocycles. The average Bonchev–Trinajstić information content (AvgIpc) is 2.45. The van der Waals surface area contributed by atoms with Gasteiger partial charge < -0.3 is 5.32 Å². The highest BCUT2D eigenvalue weighted by molar-refractivity contribution is 7.89. The van der Waals surface area contributed by atoms with Crippen LogP contribution in [0.25, 0.3) is 0 Å². The van der Waals surface area contributed by atoms with Crippen LogP contribution in [0.5, 0.6) is 0 Å². The molecule has 2 aromatic rings. The number of aromatic nitrogens is 3. The third-order valence-corrected chi connectivity index (χ3v) is 4.30. The smallest absolute Gasteiger partial charge is 0.242 e. The Kier molecular flexibility index (Phi) is 4.71. The second kappa shape index (κ2) is 6.33. The molecule has 2 N–H and O–H groups in total. The third kappa shape index (κ3) is 3.87. The molecule has 9 heteroatoms. The van der Waals surface area contributed by atoms with Gasteiger partial charge >= 0.3 is 0 Å². The average molecular weight is 328 g/mol. The second-order valence-corrected chi connectivity index (χ2v) is 6.35. The number of hydrogen-bond donors (Lipinski definition) is 2. The maximum Gasteiger partial charge on any atom is 0.242 e. The minimum atomic E-state index is -3.70. The number of halogens is 1. The molecular weight excluding hydrogens is 314 g/mol. The number of sulfonamides is 1. The molecule has 0 fully saturated rings. The lowest BCUT2D eigenvalue weighted by molar-refractivity contribution is 0.580. The van der Waals surface area contributed by atoms with Crippen molar-refractivity contribution >= 4 is 27.4 Å². The van der Waals surface area contributed by atoms with Crippen LogP contribution in [0.3, 0.4) is 0 Å². The summed E-state index contributed by atoms with van der Waals surface area (Å²) in [5.41, 5.74) is 0.581. The summed E-state index contributed by atoms with van der Waals surface area (Å²) in [6.45, 7) is 1.80. The van der Waals surface area contributed by atoms with Crippen molar-refractivity contribution in [3.8, 4) is 0 Å². The molecule has 7 nitrogen and oxygen atoms in total. The van der Waals surface area contributed by atoms with E-state index in [0.717, 1.165) is 0 Å². The number of aryl methyl sites for hydroxylation is 1. The first-order chi connectivity index (χ1) is 9.92. The van der Waals surface area contributed by atoms with E-state index in [1.165, 1.54) is 12.3 Å². The number of hydrogen-bond acceptors (Lipinski definition) is 6. The lowest BCUT2D eigenvalue weighted by Crippen LogP contribution is -2.24. The molecule has 112 valence electrons. The summed E-state index contributed by atoms with van der Waals surface area (Å²) in [4.78, 5) is 12.0. The van der Waals surface area contributed by atoms with Crippen LogP contribution < -0.4 is 10.0 Å². The zero-order valence-corrected chi connectivity index (χ0v) is 13.0. The Morgan fingerprint density at radius 2 is 2.10 bits per heavy atom. The van der Waals surface area contributed by atoms with Gasteiger partial charge in [0.2, 0.25) is 10.0 Å². The molecule has 0 aromatic carbocycles. The number of nitrogens with zero attached hydrogens (tertiary/aromatic N) is 3. The quantitative estimate of drug-likeness (QED) is 0.860. The number of rotatable bonds is 5. The van der Waals surface area contributed by atoms with Gasteiger partial charge in [-0.3, -0.25) is 0 Å². The van der Waals surface area contributed by atoms with Crippen LogP contribution in [0.15, 0.2) is 29.4 Å². The topological polar surface area (TPSA) is 96.9 Å². The first-order valence-corrected chi connectivity index (χ1v) is 7.90. The molecule has 0 saturated heterocycles. The molecule has 2 heterocycles. The molecule has 0 aliphatic rings. The van der Waals surface area contributed by atoms with Crippen molar-refractivity contribution in [1.29, 1.82) is 0 Å². The molecule has 0 aliphatic carbocycles. The maximum absolute atomic E-state index is 12.2. The Balaban J connectivity index is 2.17. The van der Waals surface area contributed by atoms with Crippen LogP contribution in [-0.2, 0) is 16.6 Å². The molecule has 0 atom stereocenters. The van der Waals surface area contributed by atoms with Gasteiger partial charge in [0.15, 0.2) is 0 Å². The molecule has 0 bridgehead atoms. The van der Waals surface area contributed by atoms with Gasteiger partial charge in [0.1, 0.15) is 16.5 Å². The maximum atomic E-state index is 12.2. The Bertz CT molecular complexity index is 751. The summed E-state index contributed by atoms with van der Waals surface area (Å²) in [6.07, 6.45) is 2.82. The first kappa shape index (κ1) is 15.6. The van der Waals surface area contributed by atoms with Crippen LogP contribution in [-0.4, -0.2) is 30.4 Å². The Hall–Kier alpha value is -1.77. The molecule has 0 unspecified atom stereocenters. The number of nitrogens with one attached hydrogen (secondary N) is 2. The fourth-order valence-electron chi connectivity index (χ4n) is 1.61. The van der Waals surface area contributed by atoms with Crippen molar-refractivity contribution in [1.82, 2.24) is 19.7 Å². The molecule has 2 rings (SSSR count). The first-order valence-electron chi connectivity index (χ1n) is 6.04. The molecule has 0 amide bonds. The van der Waals surface area contributed by atoms with Crippen molar-refractivity contribution in [2.24, 2.45) is 0 Å². The van der Waals surface area contributed by atoms with Crippen LogP contribution in [0.4, 0.5) is 5.82 Å². The third-order valence-electron chi connectivity index (χ3n) is 2.64. The molecule has 0 radical (unpaired) electrons. The van der Waals surface area contributed by atoms with E-state index >= 15 is 0 Å². The molecule has 0 saturated carbocycles. The summed E-state index contributed by atoms with van der Waals surface area (Å²) >= 11 is 5.94. The zero-order valence-electron chi connectivity index (χ0n) is 11.5. The van der Waals surface area contributed by atoms with Crippen molar-refractivity contribution in [2.45, 2.75) is 18.4 Å². The van der Waals surface area contributed by atoms with Crippen molar-refractivity contribution in [3.63, 3.8) is 0 Å². The SMILES string of the molecule is CNc1ncc(S(=O)(=O)NCc2ccnc(C)n2)cc1Cl. The lowest BCUT2D eigenvalue weighted by atomic mass is 10.4. The van der Waals surface area contributed by atoms with Gasteiger partial charge in [0.25, 0.3) is 0 Å². The predicted octanol–water partition coefficient (Wildman–Crippen LogP) is 1.35. The van der Waals surface area contributed by atoms with E-state index in [1.807, 2.05) is 0 Å². The Morgan fingerprint density at radius 1 is 1.33 bits per heavy atom. The lowest BCUT2D eigenvalue weighted by Gasteiger charge is -2.08. The fourth-order valence-corrected chi connectivity index (χ4v) is 2.90. The van der Waals surface area contributed by atoms with Gasteiger partial charge in [0.05, 0.1) is 17.3 Å². The highest BCUT2D eigenvalue weighted by atomic mass is 35.5. The van der Waals surface area contributed by atoms with Crippen LogP contribution in [0.2, 0.25) is 5.02 Å². The van der Waals surface area contributed by atoms with Gasteiger partial charge in [0, 0.05) is 19.4 Å². The van der Waals surface area contributed by atoms with Gasteiger partial charge in [-0.15, -0.1) is 0 Å². The predicted molar refractivity (Wildman–Crippen MR) is 79.6 cm³/mol. The Morgan fingerprint density at radius 3 is 2.71 bits per heavy atom. The molecule has 21 heavy (non-hydrogen) atoms. The molecule has 2 aromatic heterocycles. The second-order valence-electron chi connectivity index (χ2n) is 4.17. The minimum absolute atomic E-state index is 0.00252. The van der Waals surface area contributed by atoms with Crippen molar-refractivity contribution in [2.75, 3.05) is 12.4 Å². The fraction of sp³-hybridized carbons (Fsp3) is 0.250. The van der Waals surface area contributed by atoms with E-state index in [2.05, 4.69) is 25.0 Å². The van der Waals surface area contributed by atoms with Crippen molar-refractivity contribution < 1.29 is 8.42 Å². The molecular formula is C12H14ClN5O2S. The van der Waals surface area contributed by atoms with Gasteiger partial charge in [-0.25, -0.2) is 28.1 Å². The van der Waals surface area contributed by atoms with E-state index in [4.69, 9.17) is 11.6 Å². The van der Waals surface area contributed by atoms with Gasteiger partial charge in [-0.05, 0) is 19.1 Å².